The SMILES string of the molecule is COc1cccc(Cn2cc(C3CC3)cn2)n1. The first-order valence-corrected chi connectivity index (χ1v) is 5.87. The number of ether oxygens (including phenoxy) is 1. The lowest BCUT2D eigenvalue weighted by Gasteiger charge is -2.03. The third kappa shape index (κ3) is 2.30. The Kier molecular flexibility index (Phi) is 2.55. The van der Waals surface area contributed by atoms with Gasteiger partial charge in [-0.05, 0) is 30.4 Å². The van der Waals surface area contributed by atoms with E-state index in [1.165, 1.54) is 18.4 Å². The van der Waals surface area contributed by atoms with Crippen molar-refractivity contribution < 1.29 is 4.74 Å². The highest BCUT2D eigenvalue weighted by Gasteiger charge is 2.24. The van der Waals surface area contributed by atoms with E-state index in [-0.39, 0.29) is 0 Å². The van der Waals surface area contributed by atoms with Crippen LogP contribution in [0.1, 0.15) is 30.0 Å². The number of rotatable bonds is 4. The van der Waals surface area contributed by atoms with Crippen LogP contribution in [-0.2, 0) is 6.54 Å². The largest absolute Gasteiger partial charge is 0.481 e. The van der Waals surface area contributed by atoms with E-state index in [4.69, 9.17) is 4.74 Å². The first kappa shape index (κ1) is 10.3. The van der Waals surface area contributed by atoms with Gasteiger partial charge in [0, 0.05) is 12.3 Å². The molecule has 0 N–H and O–H groups in total. The van der Waals surface area contributed by atoms with E-state index in [0.717, 1.165) is 11.6 Å². The zero-order valence-electron chi connectivity index (χ0n) is 9.84. The van der Waals surface area contributed by atoms with Gasteiger partial charge in [0.1, 0.15) is 0 Å². The van der Waals surface area contributed by atoms with Gasteiger partial charge in [-0.25, -0.2) is 4.98 Å². The summed E-state index contributed by atoms with van der Waals surface area (Å²) in [6, 6.07) is 5.79. The summed E-state index contributed by atoms with van der Waals surface area (Å²) in [6.07, 6.45) is 6.71. The predicted molar refractivity (Wildman–Crippen MR) is 64.1 cm³/mol. The monoisotopic (exact) mass is 229 g/mol. The van der Waals surface area contributed by atoms with Gasteiger partial charge >= 0.3 is 0 Å². The lowest BCUT2D eigenvalue weighted by Crippen LogP contribution is -2.02. The number of hydrogen-bond acceptors (Lipinski definition) is 3. The second kappa shape index (κ2) is 4.20. The molecule has 4 nitrogen and oxygen atoms in total. The Balaban J connectivity index is 1.75. The van der Waals surface area contributed by atoms with Crippen molar-refractivity contribution in [1.82, 2.24) is 14.8 Å². The van der Waals surface area contributed by atoms with Crippen molar-refractivity contribution in [3.63, 3.8) is 0 Å². The number of nitrogens with zero attached hydrogens (tertiary/aromatic N) is 3. The third-order valence-electron chi connectivity index (χ3n) is 3.02. The molecule has 0 amide bonds. The summed E-state index contributed by atoms with van der Waals surface area (Å²) in [5.41, 5.74) is 2.32. The van der Waals surface area contributed by atoms with Gasteiger partial charge in [0.15, 0.2) is 0 Å². The van der Waals surface area contributed by atoms with Gasteiger partial charge < -0.3 is 4.74 Å². The highest BCUT2D eigenvalue weighted by atomic mass is 16.5. The Morgan fingerprint density at radius 3 is 3.06 bits per heavy atom. The Labute approximate surface area is 100 Å². The molecule has 1 aliphatic carbocycles. The molecule has 3 rings (SSSR count). The molecule has 0 bridgehead atoms. The summed E-state index contributed by atoms with van der Waals surface area (Å²) in [7, 11) is 1.63. The summed E-state index contributed by atoms with van der Waals surface area (Å²) < 4.78 is 7.05. The molecule has 1 fully saturated rings. The first-order valence-electron chi connectivity index (χ1n) is 5.87. The molecule has 0 spiro atoms. The van der Waals surface area contributed by atoms with E-state index in [1.54, 1.807) is 7.11 Å². The van der Waals surface area contributed by atoms with Gasteiger partial charge in [0.2, 0.25) is 5.88 Å². The van der Waals surface area contributed by atoms with E-state index in [2.05, 4.69) is 16.3 Å². The molecule has 4 heteroatoms. The fourth-order valence-corrected chi connectivity index (χ4v) is 1.92. The van der Waals surface area contributed by atoms with Gasteiger partial charge in [0.05, 0.1) is 25.5 Å². The van der Waals surface area contributed by atoms with E-state index in [1.807, 2.05) is 29.1 Å². The van der Waals surface area contributed by atoms with Crippen molar-refractivity contribution in [1.29, 1.82) is 0 Å². The van der Waals surface area contributed by atoms with Crippen LogP contribution in [0.25, 0.3) is 0 Å². The fraction of sp³-hybridized carbons (Fsp3) is 0.385. The Morgan fingerprint density at radius 2 is 2.29 bits per heavy atom. The Bertz CT molecular complexity index is 517. The minimum atomic E-state index is 0.650. The smallest absolute Gasteiger partial charge is 0.213 e. The number of aromatic nitrogens is 3. The standard InChI is InChI=1S/C13H15N3O/c1-17-13-4-2-3-12(15-13)9-16-8-11(7-14-16)10-5-6-10/h2-4,7-8,10H,5-6,9H2,1H3. The minimum absolute atomic E-state index is 0.650. The van der Waals surface area contributed by atoms with Crippen LogP contribution in [0.5, 0.6) is 5.88 Å². The molecule has 0 aromatic carbocycles. The van der Waals surface area contributed by atoms with E-state index in [9.17, 15) is 0 Å². The number of pyridine rings is 1. The average molecular weight is 229 g/mol. The zero-order chi connectivity index (χ0) is 11.7. The van der Waals surface area contributed by atoms with Crippen LogP contribution in [0.3, 0.4) is 0 Å². The summed E-state index contributed by atoms with van der Waals surface area (Å²) >= 11 is 0. The summed E-state index contributed by atoms with van der Waals surface area (Å²) in [6.45, 7) is 0.698. The van der Waals surface area contributed by atoms with Crippen molar-refractivity contribution in [2.24, 2.45) is 0 Å². The molecular formula is C13H15N3O. The fourth-order valence-electron chi connectivity index (χ4n) is 1.92. The topological polar surface area (TPSA) is 39.9 Å². The lowest BCUT2D eigenvalue weighted by atomic mass is 10.2. The average Bonchev–Trinajstić information content (AvgIpc) is 3.11. The molecule has 1 saturated carbocycles. The molecule has 0 unspecified atom stereocenters. The zero-order valence-corrected chi connectivity index (χ0v) is 9.84. The normalized spacial score (nSPS) is 14.9. The summed E-state index contributed by atoms with van der Waals surface area (Å²) in [5, 5.41) is 4.36. The maximum atomic E-state index is 5.11. The molecule has 1 aliphatic rings. The summed E-state index contributed by atoms with van der Waals surface area (Å²) in [5.74, 6) is 1.40. The second-order valence-corrected chi connectivity index (χ2v) is 4.42. The highest BCUT2D eigenvalue weighted by molar-refractivity contribution is 5.19. The molecule has 2 heterocycles. The molecule has 0 aliphatic heterocycles. The van der Waals surface area contributed by atoms with Gasteiger partial charge in [0.25, 0.3) is 0 Å². The molecule has 0 radical (unpaired) electrons. The Hall–Kier alpha value is -1.84. The van der Waals surface area contributed by atoms with Gasteiger partial charge in [-0.3, -0.25) is 4.68 Å². The molecule has 2 aromatic heterocycles. The quantitative estimate of drug-likeness (QED) is 0.807. The maximum absolute atomic E-state index is 5.11. The van der Waals surface area contributed by atoms with E-state index < -0.39 is 0 Å². The second-order valence-electron chi connectivity index (χ2n) is 4.42. The summed E-state index contributed by atoms with van der Waals surface area (Å²) in [4.78, 5) is 4.37. The molecule has 17 heavy (non-hydrogen) atoms. The van der Waals surface area contributed by atoms with Crippen molar-refractivity contribution in [3.8, 4) is 5.88 Å². The van der Waals surface area contributed by atoms with E-state index in [0.29, 0.717) is 12.4 Å². The van der Waals surface area contributed by atoms with Gasteiger partial charge in [-0.1, -0.05) is 6.07 Å². The van der Waals surface area contributed by atoms with Crippen molar-refractivity contribution in [2.75, 3.05) is 7.11 Å². The lowest BCUT2D eigenvalue weighted by molar-refractivity contribution is 0.395. The molecule has 2 aromatic rings. The van der Waals surface area contributed by atoms with Crippen LogP contribution < -0.4 is 4.74 Å². The predicted octanol–water partition coefficient (Wildman–Crippen LogP) is 2.21. The first-order chi connectivity index (χ1) is 8.35. The van der Waals surface area contributed by atoms with Crippen LogP contribution in [0.2, 0.25) is 0 Å². The molecular weight excluding hydrogens is 214 g/mol. The van der Waals surface area contributed by atoms with Crippen molar-refractivity contribution in [2.45, 2.75) is 25.3 Å². The van der Waals surface area contributed by atoms with Crippen LogP contribution in [-0.4, -0.2) is 21.9 Å². The van der Waals surface area contributed by atoms with Crippen LogP contribution in [0.15, 0.2) is 30.6 Å². The van der Waals surface area contributed by atoms with Gasteiger partial charge in [-0.15, -0.1) is 0 Å². The molecule has 0 atom stereocenters. The third-order valence-corrected chi connectivity index (χ3v) is 3.02. The number of methoxy groups -OCH3 is 1. The van der Waals surface area contributed by atoms with Crippen LogP contribution in [0, 0.1) is 0 Å². The highest BCUT2D eigenvalue weighted by Crippen LogP contribution is 2.39. The molecule has 0 saturated heterocycles. The van der Waals surface area contributed by atoms with Crippen molar-refractivity contribution in [3.05, 3.63) is 41.9 Å². The van der Waals surface area contributed by atoms with Crippen LogP contribution >= 0.6 is 0 Å². The van der Waals surface area contributed by atoms with E-state index >= 15 is 0 Å². The number of hydrogen-bond donors (Lipinski definition) is 0. The van der Waals surface area contributed by atoms with Crippen molar-refractivity contribution >= 4 is 0 Å². The minimum Gasteiger partial charge on any atom is -0.481 e. The maximum Gasteiger partial charge on any atom is 0.213 e. The van der Waals surface area contributed by atoms with Gasteiger partial charge in [-0.2, -0.15) is 5.10 Å². The Morgan fingerprint density at radius 1 is 1.41 bits per heavy atom. The van der Waals surface area contributed by atoms with Crippen LogP contribution in [0.4, 0.5) is 0 Å². The molecule has 88 valence electrons.